The Kier molecular flexibility index (Phi) is 3.53. The fourth-order valence-electron chi connectivity index (χ4n) is 1.71. The van der Waals surface area contributed by atoms with Crippen molar-refractivity contribution in [2.24, 2.45) is 5.73 Å². The van der Waals surface area contributed by atoms with Gasteiger partial charge in [-0.05, 0) is 62.4 Å². The Morgan fingerprint density at radius 2 is 1.86 bits per heavy atom. The Balaban J connectivity index is 3.09. The monoisotopic (exact) mass is 193 g/mol. The van der Waals surface area contributed by atoms with Crippen molar-refractivity contribution in [2.75, 3.05) is 6.54 Å². The number of aromatic hydroxyl groups is 1. The Labute approximate surface area is 85.8 Å². The molecule has 0 radical (unpaired) electrons. The van der Waals surface area contributed by atoms with Crippen molar-refractivity contribution in [3.8, 4) is 5.75 Å². The molecule has 1 rings (SSSR count). The average molecular weight is 193 g/mol. The number of aryl methyl sites for hydroxylation is 2. The lowest BCUT2D eigenvalue weighted by Crippen LogP contribution is -2.02. The highest BCUT2D eigenvalue weighted by Gasteiger charge is 2.09. The molecule has 0 unspecified atom stereocenters. The normalized spacial score (nSPS) is 10.6. The highest BCUT2D eigenvalue weighted by molar-refractivity contribution is 5.48. The molecule has 0 saturated heterocycles. The van der Waals surface area contributed by atoms with Crippen molar-refractivity contribution in [1.29, 1.82) is 0 Å². The van der Waals surface area contributed by atoms with Crippen LogP contribution in [0.15, 0.2) is 6.07 Å². The van der Waals surface area contributed by atoms with Crippen molar-refractivity contribution in [3.63, 3.8) is 0 Å². The highest BCUT2D eigenvalue weighted by Crippen LogP contribution is 2.29. The molecule has 0 saturated carbocycles. The average Bonchev–Trinajstić information content (AvgIpc) is 2.14. The van der Waals surface area contributed by atoms with Gasteiger partial charge >= 0.3 is 0 Å². The second-order valence-corrected chi connectivity index (χ2v) is 3.85. The van der Waals surface area contributed by atoms with Crippen LogP contribution in [0.25, 0.3) is 0 Å². The molecule has 2 heteroatoms. The van der Waals surface area contributed by atoms with Crippen molar-refractivity contribution in [3.05, 3.63) is 28.3 Å². The van der Waals surface area contributed by atoms with E-state index in [2.05, 4.69) is 6.07 Å². The molecule has 0 aliphatic rings. The molecule has 0 aliphatic carbocycles. The van der Waals surface area contributed by atoms with E-state index >= 15 is 0 Å². The van der Waals surface area contributed by atoms with Gasteiger partial charge in [0.05, 0.1) is 0 Å². The SMILES string of the molecule is Cc1cc(C)c(CCCN)c(O)c1C. The molecule has 0 aromatic heterocycles. The predicted octanol–water partition coefficient (Wildman–Crippen LogP) is 2.21. The molecule has 0 heterocycles. The van der Waals surface area contributed by atoms with Gasteiger partial charge in [-0.3, -0.25) is 0 Å². The van der Waals surface area contributed by atoms with Crippen molar-refractivity contribution >= 4 is 0 Å². The first-order valence-corrected chi connectivity index (χ1v) is 5.06. The van der Waals surface area contributed by atoms with Gasteiger partial charge in [-0.1, -0.05) is 6.07 Å². The van der Waals surface area contributed by atoms with Gasteiger partial charge in [0.15, 0.2) is 0 Å². The maximum atomic E-state index is 9.95. The first-order valence-electron chi connectivity index (χ1n) is 5.06. The summed E-state index contributed by atoms with van der Waals surface area (Å²) < 4.78 is 0. The standard InChI is InChI=1S/C12H19NO/c1-8-7-9(2)11(5-4-6-13)12(14)10(8)3/h7,14H,4-6,13H2,1-3H3. The van der Waals surface area contributed by atoms with Gasteiger partial charge < -0.3 is 10.8 Å². The minimum Gasteiger partial charge on any atom is -0.507 e. The van der Waals surface area contributed by atoms with E-state index in [0.29, 0.717) is 12.3 Å². The topological polar surface area (TPSA) is 46.2 Å². The fraction of sp³-hybridized carbons (Fsp3) is 0.500. The van der Waals surface area contributed by atoms with Crippen molar-refractivity contribution in [1.82, 2.24) is 0 Å². The zero-order valence-electron chi connectivity index (χ0n) is 9.22. The summed E-state index contributed by atoms with van der Waals surface area (Å²) in [7, 11) is 0. The maximum absolute atomic E-state index is 9.95. The Hall–Kier alpha value is -1.02. The van der Waals surface area contributed by atoms with E-state index in [1.807, 2.05) is 20.8 Å². The van der Waals surface area contributed by atoms with Crippen LogP contribution >= 0.6 is 0 Å². The minimum atomic E-state index is 0.455. The van der Waals surface area contributed by atoms with Crippen molar-refractivity contribution < 1.29 is 5.11 Å². The van der Waals surface area contributed by atoms with Gasteiger partial charge in [-0.25, -0.2) is 0 Å². The number of rotatable bonds is 3. The molecule has 0 amide bonds. The van der Waals surface area contributed by atoms with E-state index in [1.54, 1.807) is 0 Å². The maximum Gasteiger partial charge on any atom is 0.122 e. The summed E-state index contributed by atoms with van der Waals surface area (Å²) in [6, 6.07) is 2.13. The third-order valence-electron chi connectivity index (χ3n) is 2.77. The molecular formula is C12H19NO. The lowest BCUT2D eigenvalue weighted by atomic mass is 9.96. The summed E-state index contributed by atoms with van der Waals surface area (Å²) in [4.78, 5) is 0. The van der Waals surface area contributed by atoms with Gasteiger partial charge in [0.25, 0.3) is 0 Å². The molecule has 0 bridgehead atoms. The fourth-order valence-corrected chi connectivity index (χ4v) is 1.71. The summed E-state index contributed by atoms with van der Waals surface area (Å²) >= 11 is 0. The van der Waals surface area contributed by atoms with Gasteiger partial charge in [0.2, 0.25) is 0 Å². The number of nitrogens with two attached hydrogens (primary N) is 1. The number of hydrogen-bond donors (Lipinski definition) is 2. The second-order valence-electron chi connectivity index (χ2n) is 3.85. The molecule has 14 heavy (non-hydrogen) atoms. The van der Waals surface area contributed by atoms with Crippen LogP contribution in [0.4, 0.5) is 0 Å². The molecule has 1 aromatic carbocycles. The minimum absolute atomic E-state index is 0.455. The summed E-state index contributed by atoms with van der Waals surface area (Å²) in [5.41, 5.74) is 9.82. The number of phenols is 1. The van der Waals surface area contributed by atoms with Crippen LogP contribution in [0.1, 0.15) is 28.7 Å². The van der Waals surface area contributed by atoms with E-state index in [1.165, 1.54) is 5.56 Å². The van der Waals surface area contributed by atoms with Crippen LogP contribution in [0.5, 0.6) is 5.75 Å². The lowest BCUT2D eigenvalue weighted by molar-refractivity contribution is 0.461. The van der Waals surface area contributed by atoms with Gasteiger partial charge in [-0.15, -0.1) is 0 Å². The highest BCUT2D eigenvalue weighted by atomic mass is 16.3. The zero-order chi connectivity index (χ0) is 10.7. The third kappa shape index (κ3) is 2.07. The van der Waals surface area contributed by atoms with Crippen LogP contribution in [-0.2, 0) is 6.42 Å². The van der Waals surface area contributed by atoms with Crippen molar-refractivity contribution in [2.45, 2.75) is 33.6 Å². The summed E-state index contributed by atoms with van der Waals surface area (Å²) in [6.45, 7) is 6.69. The van der Waals surface area contributed by atoms with E-state index in [0.717, 1.165) is 29.5 Å². The molecule has 2 nitrogen and oxygen atoms in total. The predicted molar refractivity (Wildman–Crippen MR) is 59.7 cm³/mol. The van der Waals surface area contributed by atoms with E-state index in [9.17, 15) is 5.11 Å². The van der Waals surface area contributed by atoms with E-state index < -0.39 is 0 Å². The Bertz CT molecular complexity index is 332. The first kappa shape index (κ1) is 11.1. The van der Waals surface area contributed by atoms with Crippen LogP contribution in [0, 0.1) is 20.8 Å². The third-order valence-corrected chi connectivity index (χ3v) is 2.77. The Morgan fingerprint density at radius 1 is 1.21 bits per heavy atom. The largest absolute Gasteiger partial charge is 0.507 e. The second kappa shape index (κ2) is 4.47. The molecule has 1 aromatic rings. The number of hydrogen-bond acceptors (Lipinski definition) is 2. The lowest BCUT2D eigenvalue weighted by Gasteiger charge is -2.12. The molecular weight excluding hydrogens is 174 g/mol. The number of phenolic OH excluding ortho intramolecular Hbond substituents is 1. The zero-order valence-corrected chi connectivity index (χ0v) is 9.22. The summed E-state index contributed by atoms with van der Waals surface area (Å²) in [5, 5.41) is 9.95. The molecule has 0 aliphatic heterocycles. The molecule has 78 valence electrons. The van der Waals surface area contributed by atoms with Gasteiger partial charge in [-0.2, -0.15) is 0 Å². The van der Waals surface area contributed by atoms with E-state index in [-0.39, 0.29) is 0 Å². The smallest absolute Gasteiger partial charge is 0.122 e. The Morgan fingerprint density at radius 3 is 2.43 bits per heavy atom. The van der Waals surface area contributed by atoms with Crippen LogP contribution < -0.4 is 5.73 Å². The van der Waals surface area contributed by atoms with Crippen LogP contribution in [0.2, 0.25) is 0 Å². The molecule has 3 N–H and O–H groups in total. The first-order chi connectivity index (χ1) is 6.57. The van der Waals surface area contributed by atoms with Gasteiger partial charge in [0.1, 0.15) is 5.75 Å². The summed E-state index contributed by atoms with van der Waals surface area (Å²) in [5.74, 6) is 0.455. The molecule has 0 atom stereocenters. The molecule has 0 fully saturated rings. The van der Waals surface area contributed by atoms with E-state index in [4.69, 9.17) is 5.73 Å². The van der Waals surface area contributed by atoms with Gasteiger partial charge in [0, 0.05) is 0 Å². The number of benzene rings is 1. The van der Waals surface area contributed by atoms with Crippen LogP contribution in [-0.4, -0.2) is 11.7 Å². The summed E-state index contributed by atoms with van der Waals surface area (Å²) in [6.07, 6.45) is 1.80. The quantitative estimate of drug-likeness (QED) is 0.773. The molecule has 0 spiro atoms. The van der Waals surface area contributed by atoms with Crippen LogP contribution in [0.3, 0.4) is 0 Å².